The molecule has 86 valence electrons. The SMILES string of the molecule is O=Cc1c(COP(=O)(O)O)cn[c]([AlH2])c1O. The monoisotopic (exact) mass is 261 g/mol. The Bertz CT molecular complexity index is 458. The zero-order valence-corrected chi connectivity index (χ0v) is 11.2. The van der Waals surface area contributed by atoms with E-state index in [1.54, 1.807) is 0 Å². The van der Waals surface area contributed by atoms with Gasteiger partial charge in [0.1, 0.15) is 5.75 Å². The Morgan fingerprint density at radius 2 is 2.19 bits per heavy atom. The zero-order chi connectivity index (χ0) is 12.3. The average Bonchev–Trinajstić information content (AvgIpc) is 2.18. The minimum absolute atomic E-state index is 0.0477. The van der Waals surface area contributed by atoms with Gasteiger partial charge in [-0.2, -0.15) is 0 Å². The Hall–Kier alpha value is -0.738. The summed E-state index contributed by atoms with van der Waals surface area (Å²) in [5.74, 6) is -0.256. The maximum absolute atomic E-state index is 10.7. The number of carbonyl (C=O) groups is 1. The fraction of sp³-hybridized carbons (Fsp3) is 0.143. The van der Waals surface area contributed by atoms with Crippen LogP contribution in [0.5, 0.6) is 5.75 Å². The number of carbonyl (C=O) groups excluding carboxylic acids is 1. The Kier molecular flexibility index (Phi) is 4.22. The molecular weight excluding hydrogens is 252 g/mol. The number of hydrogen-bond donors (Lipinski definition) is 3. The van der Waals surface area contributed by atoms with E-state index in [2.05, 4.69) is 9.51 Å². The van der Waals surface area contributed by atoms with Crippen molar-refractivity contribution in [1.29, 1.82) is 0 Å². The predicted molar refractivity (Wildman–Crippen MR) is 56.3 cm³/mol. The van der Waals surface area contributed by atoms with E-state index >= 15 is 0 Å². The van der Waals surface area contributed by atoms with E-state index in [-0.39, 0.29) is 16.9 Å². The molecule has 0 saturated heterocycles. The molecule has 1 aromatic rings. The Morgan fingerprint density at radius 1 is 1.56 bits per heavy atom. The molecule has 0 aliphatic carbocycles. The van der Waals surface area contributed by atoms with Gasteiger partial charge in [0.05, 0.1) is 12.2 Å². The fourth-order valence-corrected chi connectivity index (χ4v) is 1.76. The highest BCUT2D eigenvalue weighted by molar-refractivity contribution is 7.46. The van der Waals surface area contributed by atoms with Crippen LogP contribution < -0.4 is 4.56 Å². The van der Waals surface area contributed by atoms with E-state index in [4.69, 9.17) is 9.79 Å². The summed E-state index contributed by atoms with van der Waals surface area (Å²) < 4.78 is 15.1. The first-order valence-electron chi connectivity index (χ1n) is 4.18. The van der Waals surface area contributed by atoms with E-state index in [1.165, 1.54) is 6.20 Å². The number of phosphoric ester groups is 1. The number of nitrogens with zero attached hydrogens (tertiary/aromatic N) is 1. The summed E-state index contributed by atoms with van der Waals surface area (Å²) in [6.45, 7) is -0.485. The lowest BCUT2D eigenvalue weighted by molar-refractivity contribution is 0.111. The van der Waals surface area contributed by atoms with Gasteiger partial charge in [-0.3, -0.25) is 14.3 Å². The van der Waals surface area contributed by atoms with Crippen LogP contribution in [0.3, 0.4) is 0 Å². The second-order valence-corrected chi connectivity index (χ2v) is 5.20. The number of pyridine rings is 1. The van der Waals surface area contributed by atoms with Gasteiger partial charge in [-0.1, -0.05) is 0 Å². The zero-order valence-electron chi connectivity index (χ0n) is 8.32. The van der Waals surface area contributed by atoms with E-state index in [1.807, 2.05) is 0 Å². The number of rotatable bonds is 4. The summed E-state index contributed by atoms with van der Waals surface area (Å²) in [7, 11) is -4.61. The van der Waals surface area contributed by atoms with E-state index in [0.29, 0.717) is 27.1 Å². The fourth-order valence-electron chi connectivity index (χ4n) is 1.05. The normalized spacial score (nSPS) is 11.4. The number of aromatic hydroxyl groups is 1. The summed E-state index contributed by atoms with van der Waals surface area (Å²) in [5.41, 5.74) is 0.0869. The molecule has 0 fully saturated rings. The summed E-state index contributed by atoms with van der Waals surface area (Å²) in [4.78, 5) is 31.5. The van der Waals surface area contributed by atoms with E-state index in [0.717, 1.165) is 0 Å². The van der Waals surface area contributed by atoms with Crippen LogP contribution in [0.1, 0.15) is 15.9 Å². The lowest BCUT2D eigenvalue weighted by Gasteiger charge is -2.09. The van der Waals surface area contributed by atoms with Crippen molar-refractivity contribution in [1.82, 2.24) is 4.98 Å². The highest BCUT2D eigenvalue weighted by atomic mass is 31.2. The topological polar surface area (TPSA) is 117 Å². The predicted octanol–water partition coefficient (Wildman–Crippen LogP) is -1.53. The Labute approximate surface area is 98.8 Å². The van der Waals surface area contributed by atoms with Gasteiger partial charge in [-0.05, 0) is 4.56 Å². The molecule has 0 aromatic carbocycles. The first-order chi connectivity index (χ1) is 7.35. The number of hydrogen-bond acceptors (Lipinski definition) is 5. The van der Waals surface area contributed by atoms with Crippen LogP contribution in [0.2, 0.25) is 0 Å². The second-order valence-electron chi connectivity index (χ2n) is 3.01. The van der Waals surface area contributed by atoms with Gasteiger partial charge in [0.15, 0.2) is 6.29 Å². The quantitative estimate of drug-likeness (QED) is 0.342. The third-order valence-electron chi connectivity index (χ3n) is 1.86. The molecule has 0 radical (unpaired) electrons. The van der Waals surface area contributed by atoms with E-state index in [9.17, 15) is 14.5 Å². The Morgan fingerprint density at radius 3 is 2.69 bits per heavy atom. The number of phosphoric acid groups is 1. The molecule has 0 amide bonds. The summed E-state index contributed by atoms with van der Waals surface area (Å²) in [6, 6.07) is 0. The minimum atomic E-state index is -4.61. The van der Waals surface area contributed by atoms with Crippen LogP contribution in [0.15, 0.2) is 6.20 Å². The standard InChI is InChI=1S/C7H7NO6P.Al.2H/c9-3-6-5(1-8-2-7(6)10)4-14-15(11,12)13;;;/h1,3,10H,4H2,(H2,11,12,13);;;. The van der Waals surface area contributed by atoms with Gasteiger partial charge in [0.25, 0.3) is 16.3 Å². The van der Waals surface area contributed by atoms with Crippen LogP contribution in [-0.2, 0) is 15.7 Å². The summed E-state index contributed by atoms with van der Waals surface area (Å²) in [5, 5.41) is 9.50. The van der Waals surface area contributed by atoms with Gasteiger partial charge in [0.2, 0.25) is 0 Å². The molecule has 0 aliphatic heterocycles. The molecule has 0 atom stereocenters. The van der Waals surface area contributed by atoms with Crippen molar-refractivity contribution in [2.24, 2.45) is 0 Å². The molecule has 1 rings (SSSR count). The first kappa shape index (κ1) is 13.3. The van der Waals surface area contributed by atoms with Crippen molar-refractivity contribution in [2.75, 3.05) is 0 Å². The van der Waals surface area contributed by atoms with Crippen molar-refractivity contribution in [3.8, 4) is 5.75 Å². The molecular formula is C7H9AlNO6P. The lowest BCUT2D eigenvalue weighted by Crippen LogP contribution is -2.12. The molecule has 1 aromatic heterocycles. The van der Waals surface area contributed by atoms with Gasteiger partial charge in [-0.25, -0.2) is 4.57 Å². The van der Waals surface area contributed by atoms with Gasteiger partial charge in [-0.15, -0.1) is 0 Å². The molecule has 9 heteroatoms. The van der Waals surface area contributed by atoms with Crippen LogP contribution in [0.25, 0.3) is 0 Å². The third-order valence-corrected chi connectivity index (χ3v) is 3.06. The highest BCUT2D eigenvalue weighted by Gasteiger charge is 2.17. The van der Waals surface area contributed by atoms with Crippen molar-refractivity contribution < 1.29 is 28.8 Å². The molecule has 0 unspecified atom stereocenters. The maximum atomic E-state index is 10.7. The average molecular weight is 261 g/mol. The van der Waals surface area contributed by atoms with Crippen LogP contribution in [0, 0.1) is 0 Å². The van der Waals surface area contributed by atoms with Crippen molar-refractivity contribution in [3.05, 3.63) is 17.3 Å². The van der Waals surface area contributed by atoms with Crippen LogP contribution in [-0.4, -0.2) is 42.5 Å². The molecule has 0 saturated carbocycles. The number of aromatic nitrogens is 1. The minimum Gasteiger partial charge on any atom is -0.507 e. The van der Waals surface area contributed by atoms with Crippen molar-refractivity contribution >= 4 is 35.0 Å². The van der Waals surface area contributed by atoms with E-state index < -0.39 is 14.4 Å². The molecule has 7 nitrogen and oxygen atoms in total. The molecule has 16 heavy (non-hydrogen) atoms. The van der Waals surface area contributed by atoms with Gasteiger partial charge in [0, 0.05) is 11.8 Å². The van der Waals surface area contributed by atoms with Crippen molar-refractivity contribution in [2.45, 2.75) is 6.61 Å². The second kappa shape index (κ2) is 5.06. The van der Waals surface area contributed by atoms with Crippen molar-refractivity contribution in [3.63, 3.8) is 0 Å². The molecule has 0 spiro atoms. The maximum Gasteiger partial charge on any atom is 0.469 e. The lowest BCUT2D eigenvalue weighted by atomic mass is 10.1. The third kappa shape index (κ3) is 3.39. The highest BCUT2D eigenvalue weighted by Crippen LogP contribution is 2.37. The Balaban J connectivity index is 3.01. The van der Waals surface area contributed by atoms with Gasteiger partial charge >= 0.3 is 7.82 Å². The molecule has 3 N–H and O–H groups in total. The largest absolute Gasteiger partial charge is 0.507 e. The summed E-state index contributed by atoms with van der Waals surface area (Å²) in [6.07, 6.45) is 1.65. The summed E-state index contributed by atoms with van der Waals surface area (Å²) >= 11 is 0.458. The molecule has 0 bridgehead atoms. The van der Waals surface area contributed by atoms with Crippen LogP contribution >= 0.6 is 7.82 Å². The van der Waals surface area contributed by atoms with Crippen LogP contribution in [0.4, 0.5) is 0 Å². The van der Waals surface area contributed by atoms with Gasteiger partial charge < -0.3 is 14.9 Å². The smallest absolute Gasteiger partial charge is 0.469 e. The molecule has 0 aliphatic rings. The molecule has 1 heterocycles. The first-order valence-corrected chi connectivity index (χ1v) is 6.71. The number of aldehydes is 1.